The Balaban J connectivity index is 0.000000228. The molecular formula is C54H68Cl2SiZr-2. The van der Waals surface area contributed by atoms with Crippen LogP contribution in [0.5, 0.6) is 0 Å². The number of hydrogen-bond acceptors (Lipinski definition) is 0. The molecule has 6 aromatic rings. The van der Waals surface area contributed by atoms with Crippen LogP contribution in [0.25, 0.3) is 43.8 Å². The minimum atomic E-state index is 0. The average Bonchev–Trinajstić information content (AvgIpc) is 3.79. The molecule has 0 radical (unpaired) electrons. The first-order chi connectivity index (χ1) is 27.2. The first kappa shape index (κ1) is 48.4. The summed E-state index contributed by atoms with van der Waals surface area (Å²) in [5.74, 6) is 1.80. The zero-order chi connectivity index (χ0) is 39.4. The third-order valence-electron chi connectivity index (χ3n) is 12.2. The molecular weight excluding hydrogens is 839 g/mol. The van der Waals surface area contributed by atoms with Crippen molar-refractivity contribution in [2.75, 3.05) is 0 Å². The number of aryl methyl sites for hydroxylation is 4. The number of halogens is 2. The summed E-state index contributed by atoms with van der Waals surface area (Å²) in [4.78, 5) is 0. The molecule has 0 aromatic heterocycles. The van der Waals surface area contributed by atoms with E-state index in [4.69, 9.17) is 0 Å². The summed E-state index contributed by atoms with van der Waals surface area (Å²) in [6.45, 7) is 13.6. The van der Waals surface area contributed by atoms with Crippen LogP contribution in [0.3, 0.4) is 0 Å². The molecule has 308 valence electrons. The Hall–Kier alpha value is -2.22. The monoisotopic (exact) mass is 904 g/mol. The quantitative estimate of drug-likeness (QED) is 0.0950. The summed E-state index contributed by atoms with van der Waals surface area (Å²) in [7, 11) is 0. The van der Waals surface area contributed by atoms with Gasteiger partial charge in [-0.05, 0) is 73.6 Å². The fourth-order valence-electron chi connectivity index (χ4n) is 9.51. The van der Waals surface area contributed by atoms with Gasteiger partial charge in [0, 0.05) is 0 Å². The first-order valence-corrected chi connectivity index (χ1v) is 28.5. The van der Waals surface area contributed by atoms with Crippen LogP contribution >= 0.6 is 0 Å². The van der Waals surface area contributed by atoms with Crippen molar-refractivity contribution in [3.05, 3.63) is 130 Å². The van der Waals surface area contributed by atoms with E-state index in [2.05, 4.69) is 138 Å². The summed E-state index contributed by atoms with van der Waals surface area (Å²) in [6, 6.07) is 37.7. The maximum atomic E-state index is 2.47. The average molecular weight is 907 g/mol. The minimum absolute atomic E-state index is 0. The van der Waals surface area contributed by atoms with Gasteiger partial charge >= 0.3 is 41.9 Å². The summed E-state index contributed by atoms with van der Waals surface area (Å²) in [5, 5.41) is 5.71. The van der Waals surface area contributed by atoms with Gasteiger partial charge in [0.25, 0.3) is 0 Å². The van der Waals surface area contributed by atoms with E-state index in [0.717, 1.165) is 11.8 Å². The predicted octanol–water partition coefficient (Wildman–Crippen LogP) is 10.0. The van der Waals surface area contributed by atoms with Crippen LogP contribution < -0.4 is 24.8 Å². The van der Waals surface area contributed by atoms with Crippen LogP contribution in [-0.4, -0.2) is 5.43 Å². The zero-order valence-corrected chi connectivity index (χ0v) is 41.4. The van der Waals surface area contributed by atoms with Crippen LogP contribution in [0.4, 0.5) is 0 Å². The van der Waals surface area contributed by atoms with Crippen molar-refractivity contribution in [2.24, 2.45) is 11.8 Å². The summed E-state index contributed by atoms with van der Waals surface area (Å²) < 4.78 is 0. The second-order valence-corrected chi connectivity index (χ2v) is 27.0. The molecule has 0 aliphatic heterocycles. The van der Waals surface area contributed by atoms with Crippen molar-refractivity contribution in [3.63, 3.8) is 0 Å². The molecule has 0 nitrogen and oxygen atoms in total. The van der Waals surface area contributed by atoms with Crippen molar-refractivity contribution >= 4 is 27.0 Å². The molecule has 0 amide bonds. The third-order valence-corrected chi connectivity index (χ3v) is 12.2. The number of fused-ring (bicyclic) bond motifs is 2. The second kappa shape index (κ2) is 24.3. The maximum absolute atomic E-state index is 2.47. The SMILES string of the molecule is CCCc1ccc(-c2cc(C)cc3[cH-]c(CC4CCCCC4)cc23)cc1.CCCc1ccc(-c2cc(C)cc3[cH-]c(CC4CCCCC4)cc23)cc1.C[Si](C)=[Zr+2].[Cl-].[Cl-]. The van der Waals surface area contributed by atoms with Gasteiger partial charge in [-0.3, -0.25) is 0 Å². The fourth-order valence-corrected chi connectivity index (χ4v) is 9.51. The molecule has 2 fully saturated rings. The normalized spacial score (nSPS) is 14.5. The van der Waals surface area contributed by atoms with Crippen molar-refractivity contribution in [1.29, 1.82) is 0 Å². The van der Waals surface area contributed by atoms with E-state index < -0.39 is 0 Å². The Labute approximate surface area is 380 Å². The Bertz CT molecular complexity index is 1990. The Morgan fingerprint density at radius 3 is 1.21 bits per heavy atom. The van der Waals surface area contributed by atoms with E-state index in [1.807, 2.05) is 0 Å². The van der Waals surface area contributed by atoms with Gasteiger partial charge in [-0.25, -0.2) is 0 Å². The molecule has 6 aromatic carbocycles. The number of benzene rings is 4. The molecule has 58 heavy (non-hydrogen) atoms. The molecule has 0 N–H and O–H groups in total. The van der Waals surface area contributed by atoms with Gasteiger partial charge in [0.2, 0.25) is 0 Å². The minimum Gasteiger partial charge on any atom is -1.00 e. The van der Waals surface area contributed by atoms with Crippen LogP contribution in [0.2, 0.25) is 13.1 Å². The first-order valence-electron chi connectivity index (χ1n) is 22.3. The van der Waals surface area contributed by atoms with E-state index in [9.17, 15) is 0 Å². The molecule has 2 aliphatic carbocycles. The van der Waals surface area contributed by atoms with Gasteiger partial charge in [-0.2, -0.15) is 12.1 Å². The Morgan fingerprint density at radius 1 is 0.534 bits per heavy atom. The zero-order valence-electron chi connectivity index (χ0n) is 36.5. The maximum Gasteiger partial charge on any atom is -1.00 e. The van der Waals surface area contributed by atoms with Gasteiger partial charge in [-0.1, -0.05) is 174 Å². The Morgan fingerprint density at radius 2 is 0.879 bits per heavy atom. The van der Waals surface area contributed by atoms with Crippen molar-refractivity contribution in [3.8, 4) is 22.3 Å². The molecule has 0 bridgehead atoms. The molecule has 0 unspecified atom stereocenters. The summed E-state index contributed by atoms with van der Waals surface area (Å²) in [5.41, 5.74) is 14.4. The molecule has 4 heteroatoms. The summed E-state index contributed by atoms with van der Waals surface area (Å²) >= 11 is 1.74. The van der Waals surface area contributed by atoms with E-state index in [1.54, 1.807) is 34.5 Å². The molecule has 0 heterocycles. The van der Waals surface area contributed by atoms with E-state index in [0.29, 0.717) is 0 Å². The molecule has 0 saturated heterocycles. The Kier molecular flexibility index (Phi) is 20.3. The molecule has 0 spiro atoms. The smallest absolute Gasteiger partial charge is 1.00 e. The fraction of sp³-hybridized carbons (Fsp3) is 0.444. The van der Waals surface area contributed by atoms with Gasteiger partial charge in [0.15, 0.2) is 0 Å². The molecule has 2 aliphatic rings. The second-order valence-electron chi connectivity index (χ2n) is 17.7. The number of rotatable bonds is 10. The van der Waals surface area contributed by atoms with Crippen molar-refractivity contribution in [1.82, 2.24) is 0 Å². The van der Waals surface area contributed by atoms with Crippen LogP contribution in [-0.2, 0) is 49.0 Å². The van der Waals surface area contributed by atoms with Gasteiger partial charge in [0.1, 0.15) is 0 Å². The van der Waals surface area contributed by atoms with Crippen LogP contribution in [0, 0.1) is 25.7 Å². The van der Waals surface area contributed by atoms with E-state index >= 15 is 0 Å². The third kappa shape index (κ3) is 13.9. The largest absolute Gasteiger partial charge is 1.00 e. The van der Waals surface area contributed by atoms with Gasteiger partial charge in [-0.15, -0.1) is 56.9 Å². The van der Waals surface area contributed by atoms with Crippen LogP contribution in [0.1, 0.15) is 124 Å². The molecule has 8 rings (SSSR count). The standard InChI is InChI=1S/2C26H31.C2H6Si.2ClH.Zr/c2*1-3-7-20-10-12-23(13-11-20)25-15-19(2)14-24-17-22(18-26(24)25)16-21-8-5-4-6-9-21;1-3-2;;;/h2*10-15,17-18,21H,3-9,16H2,1-2H3;1-2H3;2*1H;/q2*-1;;;;+2/p-2. The van der Waals surface area contributed by atoms with Crippen molar-refractivity contribution in [2.45, 2.75) is 144 Å². The molecule has 0 atom stereocenters. The van der Waals surface area contributed by atoms with Crippen molar-refractivity contribution < 1.29 is 48.1 Å². The topological polar surface area (TPSA) is 0 Å². The van der Waals surface area contributed by atoms with Gasteiger partial charge < -0.3 is 24.8 Å². The van der Waals surface area contributed by atoms with E-state index in [1.165, 1.54) is 169 Å². The molecule has 2 saturated carbocycles. The number of hydrogen-bond donors (Lipinski definition) is 0. The predicted molar refractivity (Wildman–Crippen MR) is 245 cm³/mol. The van der Waals surface area contributed by atoms with Gasteiger partial charge in [0.05, 0.1) is 0 Å². The van der Waals surface area contributed by atoms with E-state index in [-0.39, 0.29) is 30.2 Å². The van der Waals surface area contributed by atoms with Crippen LogP contribution in [0.15, 0.2) is 97.1 Å². The summed E-state index contributed by atoms with van der Waals surface area (Å²) in [6.07, 6.45) is 21.6.